The van der Waals surface area contributed by atoms with Crippen molar-refractivity contribution in [2.45, 2.75) is 19.3 Å². The minimum Gasteiger partial charge on any atom is -0.508 e. The Morgan fingerprint density at radius 3 is 2.54 bits per heavy atom. The summed E-state index contributed by atoms with van der Waals surface area (Å²) in [4.78, 5) is 26.8. The highest BCUT2D eigenvalue weighted by Gasteiger charge is 2.19. The maximum atomic E-state index is 12.3. The number of thiophene rings is 1. The third-order valence-corrected chi connectivity index (χ3v) is 5.07. The van der Waals surface area contributed by atoms with E-state index in [9.17, 15) is 14.7 Å². The van der Waals surface area contributed by atoms with E-state index in [-0.39, 0.29) is 30.3 Å². The molecule has 124 valence electrons. The Morgan fingerprint density at radius 1 is 1.12 bits per heavy atom. The van der Waals surface area contributed by atoms with Crippen molar-refractivity contribution in [3.63, 3.8) is 0 Å². The molecule has 0 saturated heterocycles. The molecule has 0 saturated carbocycles. The van der Waals surface area contributed by atoms with Gasteiger partial charge in [0.2, 0.25) is 5.91 Å². The van der Waals surface area contributed by atoms with E-state index in [1.807, 2.05) is 23.6 Å². The fraction of sp³-hybridized carbons (Fsp3) is 0.263. The van der Waals surface area contributed by atoms with Crippen LogP contribution in [0.15, 0.2) is 47.9 Å². The lowest BCUT2D eigenvalue weighted by Crippen LogP contribution is -2.34. The molecule has 0 bridgehead atoms. The number of carbonyl (C=O) groups is 2. The van der Waals surface area contributed by atoms with Crippen LogP contribution in [0, 0.1) is 0 Å². The van der Waals surface area contributed by atoms with Gasteiger partial charge in [0.15, 0.2) is 5.78 Å². The van der Waals surface area contributed by atoms with E-state index in [1.165, 1.54) is 16.9 Å². The summed E-state index contributed by atoms with van der Waals surface area (Å²) in [5.74, 6) is 0.318. The van der Waals surface area contributed by atoms with E-state index in [1.54, 1.807) is 23.1 Å². The van der Waals surface area contributed by atoms with Crippen LogP contribution in [-0.2, 0) is 4.79 Å². The molecule has 4 nitrogen and oxygen atoms in total. The van der Waals surface area contributed by atoms with Gasteiger partial charge in [-0.2, -0.15) is 0 Å². The van der Waals surface area contributed by atoms with E-state index >= 15 is 0 Å². The lowest BCUT2D eigenvalue weighted by Gasteiger charge is -2.26. The normalized spacial score (nSPS) is 14.3. The first-order chi connectivity index (χ1) is 11.6. The monoisotopic (exact) mass is 341 g/mol. The zero-order chi connectivity index (χ0) is 16.9. The van der Waals surface area contributed by atoms with Crippen LogP contribution >= 0.6 is 11.3 Å². The smallest absolute Gasteiger partial charge is 0.223 e. The van der Waals surface area contributed by atoms with Crippen molar-refractivity contribution in [1.82, 2.24) is 4.90 Å². The number of hydrogen-bond donors (Lipinski definition) is 1. The van der Waals surface area contributed by atoms with Crippen LogP contribution in [0.5, 0.6) is 5.75 Å². The molecule has 1 aliphatic heterocycles. The van der Waals surface area contributed by atoms with Crippen LogP contribution < -0.4 is 0 Å². The molecule has 2 heterocycles. The largest absolute Gasteiger partial charge is 0.508 e. The summed E-state index contributed by atoms with van der Waals surface area (Å²) >= 11 is 1.42. The van der Waals surface area contributed by atoms with Gasteiger partial charge in [0.05, 0.1) is 4.88 Å². The number of carbonyl (C=O) groups excluding carboxylic acids is 2. The molecular formula is C19H19NO3S. The van der Waals surface area contributed by atoms with Crippen LogP contribution in [0.1, 0.15) is 34.5 Å². The second-order valence-corrected chi connectivity index (χ2v) is 6.71. The molecule has 1 aliphatic rings. The van der Waals surface area contributed by atoms with Gasteiger partial charge in [-0.25, -0.2) is 0 Å². The highest BCUT2D eigenvalue weighted by molar-refractivity contribution is 7.12. The van der Waals surface area contributed by atoms with Gasteiger partial charge in [-0.05, 0) is 41.1 Å². The van der Waals surface area contributed by atoms with Crippen molar-refractivity contribution in [2.24, 2.45) is 0 Å². The summed E-state index contributed by atoms with van der Waals surface area (Å²) in [6.45, 7) is 1.24. The maximum absolute atomic E-state index is 12.3. The van der Waals surface area contributed by atoms with Gasteiger partial charge in [-0.3, -0.25) is 9.59 Å². The van der Waals surface area contributed by atoms with Gasteiger partial charge < -0.3 is 10.0 Å². The predicted molar refractivity (Wildman–Crippen MR) is 95.2 cm³/mol. The minimum absolute atomic E-state index is 0.0286. The Kier molecular flexibility index (Phi) is 5.11. The Balaban J connectivity index is 1.53. The Bertz CT molecular complexity index is 747. The summed E-state index contributed by atoms with van der Waals surface area (Å²) in [5.41, 5.74) is 2.27. The first-order valence-corrected chi connectivity index (χ1v) is 8.84. The van der Waals surface area contributed by atoms with Gasteiger partial charge in [0, 0.05) is 25.9 Å². The van der Waals surface area contributed by atoms with E-state index in [4.69, 9.17) is 0 Å². The standard InChI is InChI=1S/C19H19NO3S/c21-16-5-3-14(4-6-16)15-9-11-20(12-10-15)19(23)8-7-17(22)18-2-1-13-24-18/h1-6,9,13,21H,7-8,10-12H2. The number of phenols is 1. The summed E-state index contributed by atoms with van der Waals surface area (Å²) in [6, 6.07) is 10.8. The topological polar surface area (TPSA) is 57.6 Å². The molecule has 2 aromatic rings. The summed E-state index contributed by atoms with van der Waals surface area (Å²) < 4.78 is 0. The van der Waals surface area contributed by atoms with E-state index in [0.29, 0.717) is 13.1 Å². The minimum atomic E-state index is 0.0286. The summed E-state index contributed by atoms with van der Waals surface area (Å²) in [5, 5.41) is 11.2. The Hall–Kier alpha value is -2.40. The van der Waals surface area contributed by atoms with Gasteiger partial charge >= 0.3 is 0 Å². The average molecular weight is 341 g/mol. The lowest BCUT2D eigenvalue weighted by atomic mass is 9.99. The van der Waals surface area contributed by atoms with Crippen LogP contribution in [0.4, 0.5) is 0 Å². The third-order valence-electron chi connectivity index (χ3n) is 4.16. The van der Waals surface area contributed by atoms with E-state index in [0.717, 1.165) is 16.9 Å². The number of nitrogens with zero attached hydrogens (tertiary/aromatic N) is 1. The molecule has 0 fully saturated rings. The van der Waals surface area contributed by atoms with Crippen molar-refractivity contribution in [3.05, 3.63) is 58.3 Å². The van der Waals surface area contributed by atoms with Gasteiger partial charge in [-0.15, -0.1) is 11.3 Å². The predicted octanol–water partition coefficient (Wildman–Crippen LogP) is 3.73. The summed E-state index contributed by atoms with van der Waals surface area (Å²) in [7, 11) is 0. The SMILES string of the molecule is O=C(CCC(=O)N1CC=C(c2ccc(O)cc2)CC1)c1cccs1. The molecule has 3 rings (SSSR count). The number of hydrogen-bond acceptors (Lipinski definition) is 4. The molecular weight excluding hydrogens is 322 g/mol. The number of aromatic hydroxyl groups is 1. The van der Waals surface area contributed by atoms with Crippen LogP contribution in [0.3, 0.4) is 0 Å². The molecule has 24 heavy (non-hydrogen) atoms. The number of Topliss-reactive ketones (excluding diaryl/α,β-unsaturated/α-hetero) is 1. The van der Waals surface area contributed by atoms with Crippen molar-refractivity contribution < 1.29 is 14.7 Å². The second kappa shape index (κ2) is 7.45. The van der Waals surface area contributed by atoms with E-state index < -0.39 is 0 Å². The number of amides is 1. The van der Waals surface area contributed by atoms with Gasteiger partial charge in [-0.1, -0.05) is 24.3 Å². The number of ketones is 1. The second-order valence-electron chi connectivity index (χ2n) is 5.77. The molecule has 1 aromatic carbocycles. The zero-order valence-electron chi connectivity index (χ0n) is 13.3. The number of phenolic OH excluding ortho intramolecular Hbond substituents is 1. The zero-order valence-corrected chi connectivity index (χ0v) is 14.1. The molecule has 0 radical (unpaired) electrons. The highest BCUT2D eigenvalue weighted by Crippen LogP contribution is 2.24. The quantitative estimate of drug-likeness (QED) is 0.843. The molecule has 0 aliphatic carbocycles. The molecule has 0 atom stereocenters. The van der Waals surface area contributed by atoms with Crippen LogP contribution in [0.25, 0.3) is 5.57 Å². The average Bonchev–Trinajstić information content (AvgIpc) is 3.15. The first kappa shape index (κ1) is 16.5. The third kappa shape index (κ3) is 3.92. The van der Waals surface area contributed by atoms with Crippen molar-refractivity contribution in [2.75, 3.05) is 13.1 Å². The molecule has 1 N–H and O–H groups in total. The van der Waals surface area contributed by atoms with Gasteiger partial charge in [0.25, 0.3) is 0 Å². The van der Waals surface area contributed by atoms with Crippen LogP contribution in [-0.4, -0.2) is 34.8 Å². The molecule has 1 amide bonds. The number of benzene rings is 1. The van der Waals surface area contributed by atoms with Gasteiger partial charge in [0.1, 0.15) is 5.75 Å². The highest BCUT2D eigenvalue weighted by atomic mass is 32.1. The fourth-order valence-corrected chi connectivity index (χ4v) is 3.47. The van der Waals surface area contributed by atoms with Crippen molar-refractivity contribution >= 4 is 28.6 Å². The van der Waals surface area contributed by atoms with Crippen LogP contribution in [0.2, 0.25) is 0 Å². The Morgan fingerprint density at radius 2 is 1.92 bits per heavy atom. The van der Waals surface area contributed by atoms with E-state index in [2.05, 4.69) is 6.08 Å². The van der Waals surface area contributed by atoms with Crippen molar-refractivity contribution in [3.8, 4) is 5.75 Å². The lowest BCUT2D eigenvalue weighted by molar-refractivity contribution is -0.130. The summed E-state index contributed by atoms with van der Waals surface area (Å²) in [6.07, 6.45) is 3.37. The number of rotatable bonds is 5. The molecule has 0 unspecified atom stereocenters. The molecule has 5 heteroatoms. The Labute approximate surface area is 145 Å². The first-order valence-electron chi connectivity index (χ1n) is 7.96. The fourth-order valence-electron chi connectivity index (χ4n) is 2.77. The van der Waals surface area contributed by atoms with Crippen molar-refractivity contribution in [1.29, 1.82) is 0 Å². The maximum Gasteiger partial charge on any atom is 0.223 e. The molecule has 1 aromatic heterocycles. The molecule has 0 spiro atoms.